The molecule has 0 atom stereocenters. The molecule has 0 spiro atoms. The Hall–Kier alpha value is -2.70. The second kappa shape index (κ2) is 51.9. The van der Waals surface area contributed by atoms with Crippen LogP contribution in [0.15, 0.2) is 86.3 Å². The van der Waals surface area contributed by atoms with E-state index < -0.39 is 0 Å². The van der Waals surface area contributed by atoms with Crippen LogP contribution < -0.4 is 0 Å². The van der Waals surface area contributed by atoms with Gasteiger partial charge in [-0.1, -0.05) is 326 Å². The van der Waals surface area contributed by atoms with E-state index in [2.05, 4.69) is 421 Å². The monoisotopic (exact) mass is 3070 g/mol. The number of thioether (sulfide) groups is 1. The van der Waals surface area contributed by atoms with Gasteiger partial charge < -0.3 is 23.8 Å². The molecule has 1 aliphatic heterocycles. The van der Waals surface area contributed by atoms with Crippen molar-refractivity contribution in [1.29, 1.82) is 0 Å². The Morgan fingerprint density at radius 2 is 0.667 bits per heavy atom. The van der Waals surface area contributed by atoms with E-state index in [1.165, 1.54) is 112 Å². The Balaban J connectivity index is 0.00000153. The number of oxazole rings is 2. The molecule has 135 heavy (non-hydrogen) atoms. The Labute approximate surface area is 931 Å². The normalized spacial score (nSPS) is 12.7. The molecule has 0 bridgehead atoms. The van der Waals surface area contributed by atoms with Crippen LogP contribution in [-0.2, 0) is 237 Å². The van der Waals surface area contributed by atoms with E-state index in [1.807, 2.05) is 36.6 Å². The largest absolute Gasteiger partial charge is 0.506 e. The van der Waals surface area contributed by atoms with E-state index in [0.29, 0.717) is 10.8 Å². The number of hydrogen-bond donors (Lipinski definition) is 2. The van der Waals surface area contributed by atoms with Crippen molar-refractivity contribution >= 4 is 99.1 Å². The fraction of sp³-hybridized carbons (Fsp3) is 0.588. The van der Waals surface area contributed by atoms with Gasteiger partial charge in [0.2, 0.25) is 0 Å². The molecule has 6 aromatic heterocycles. The van der Waals surface area contributed by atoms with Crippen LogP contribution in [0.3, 0.4) is 0 Å². The Morgan fingerprint density at radius 1 is 0.319 bits per heavy atom. The van der Waals surface area contributed by atoms with Gasteiger partial charge in [-0.05, 0) is 160 Å². The molecule has 13 aromatic rings. The predicted molar refractivity (Wildman–Crippen MR) is 554 cm³/mol. The average Bonchev–Trinajstić information content (AvgIpc) is 1.70. The van der Waals surface area contributed by atoms with Crippen LogP contribution in [0.4, 0.5) is 0 Å². The second-order valence-corrected chi connectivity index (χ2v) is 53.9. The third-order valence-corrected chi connectivity index (χ3v) is 23.7. The summed E-state index contributed by atoms with van der Waals surface area (Å²) in [4.78, 5) is 26.6. The zero-order valence-corrected chi connectivity index (χ0v) is 114. The van der Waals surface area contributed by atoms with Gasteiger partial charge in [0.25, 0.3) is 0 Å². The van der Waals surface area contributed by atoms with Crippen LogP contribution in [0, 0.1) is 80.4 Å². The summed E-state index contributed by atoms with van der Waals surface area (Å²) in [7, 11) is 0. The first-order valence-corrected chi connectivity index (χ1v) is 49.4. The number of aromatic nitrogens is 9. The summed E-state index contributed by atoms with van der Waals surface area (Å²) in [5.74, 6) is 1.23. The van der Waals surface area contributed by atoms with Gasteiger partial charge in [0.1, 0.15) is 0 Å². The summed E-state index contributed by atoms with van der Waals surface area (Å²) >= 11 is 5.40. The van der Waals surface area contributed by atoms with Crippen molar-refractivity contribution in [2.75, 3.05) is 5.75 Å². The molecule has 0 fully saturated rings. The number of imidazole rings is 1. The van der Waals surface area contributed by atoms with Crippen molar-refractivity contribution in [2.45, 2.75) is 399 Å². The van der Waals surface area contributed by atoms with Gasteiger partial charge in [0.15, 0.2) is 12.8 Å². The molecule has 0 radical (unpaired) electrons. The summed E-state index contributed by atoms with van der Waals surface area (Å²) < 4.78 is 13.4. The molecule has 14 rings (SSSR count). The van der Waals surface area contributed by atoms with Crippen LogP contribution in [0.25, 0.3) is 64.7 Å². The number of benzene rings is 7. The number of rotatable bonds is 7. The number of nitrogens with zero attached hydrogens (tertiary/aromatic N) is 7. The third-order valence-electron chi connectivity index (χ3n) is 21.0. The van der Waals surface area contributed by atoms with E-state index in [-0.39, 0.29) is 212 Å². The number of thiazole rings is 2. The van der Waals surface area contributed by atoms with Crippen LogP contribution in [0.2, 0.25) is 0 Å². The average molecular weight is 3080 g/mol. The van der Waals surface area contributed by atoms with Crippen molar-refractivity contribution < 1.29 is 156 Å². The predicted octanol–water partition coefficient (Wildman–Crippen LogP) is 32.9. The number of fused-ring (bicyclic) bond motifs is 7. The van der Waals surface area contributed by atoms with Gasteiger partial charge in [-0.15, -0.1) is 61.5 Å². The second-order valence-electron chi connectivity index (χ2n) is 51.1. The minimum Gasteiger partial charge on any atom is -0.506 e. The van der Waals surface area contributed by atoms with Crippen molar-refractivity contribution in [3.8, 4) is 0 Å². The van der Waals surface area contributed by atoms with Gasteiger partial charge in [-0.3, -0.25) is 15.1 Å². The zero-order valence-electron chi connectivity index (χ0n) is 90.8. The Bertz CT molecular complexity index is 5000. The minimum absolute atomic E-state index is 0. The van der Waals surface area contributed by atoms with Gasteiger partial charge in [-0.2, -0.15) is 151 Å². The SMILES string of the molecule is CC.CC(C)(C)Cc1[c-]c2[nH]cnc2c(C(C)(C)C)c1.CC(C)(C)Cc1[c-]c2[nH]nnc2c(C(C)(C)C)c1.CC(C)(C)Cc1[c-]c2c(c(C(C)(C)C)c1)CCS2.CC(C)(C)Cc1[c-]c2ncoc2c(C(C)(C)C)c1.CC(C)(C)Cc1[c-]c2ncsc2c(C(C)(C)C)c1.CC(C)(C)Cc1[c-]c2ocnc2c(C(C)(C)C)c1.CC(C)(C)Cc1[c-]c2scnc2c(C(C)(C)C)c1.[W].[W].[W].[W].[W].[W].[W]. The van der Waals surface area contributed by atoms with Crippen molar-refractivity contribution in [3.63, 3.8) is 0 Å². The smallest absolute Gasteiger partial charge is 0.166 e. The Kier molecular flexibility index (Phi) is 50.8. The first kappa shape index (κ1) is 132. The van der Waals surface area contributed by atoms with Crippen molar-refractivity contribution in [3.05, 3.63) is 199 Å². The topological polar surface area (TPSA) is 148 Å². The maximum atomic E-state index is 5.52. The van der Waals surface area contributed by atoms with E-state index in [1.54, 1.807) is 40.1 Å². The molecule has 0 saturated carbocycles. The van der Waals surface area contributed by atoms with Gasteiger partial charge in [0, 0.05) is 170 Å². The summed E-state index contributed by atoms with van der Waals surface area (Å²) in [5.41, 5.74) is 35.9. The quantitative estimate of drug-likeness (QED) is 0.148. The van der Waals surface area contributed by atoms with Crippen LogP contribution >= 0.6 is 34.4 Å². The van der Waals surface area contributed by atoms with E-state index in [9.17, 15) is 0 Å². The molecule has 7 heterocycles. The molecule has 1 aliphatic rings. The summed E-state index contributed by atoms with van der Waals surface area (Å²) in [6.45, 7) is 98.5. The Morgan fingerprint density at radius 3 is 1.10 bits per heavy atom. The number of hydrogen-bond acceptors (Lipinski definition) is 12. The maximum Gasteiger partial charge on any atom is 0.166 e. The fourth-order valence-electron chi connectivity index (χ4n) is 15.8. The maximum absolute atomic E-state index is 5.52. The van der Waals surface area contributed by atoms with Crippen molar-refractivity contribution in [2.24, 2.45) is 37.9 Å². The molecule has 0 aliphatic carbocycles. The van der Waals surface area contributed by atoms with Gasteiger partial charge in [0.05, 0.1) is 17.3 Å². The molecule has 21 heteroatoms. The molecular formula is C114H164N9O2S3W7-7. The van der Waals surface area contributed by atoms with E-state index >= 15 is 0 Å². The van der Waals surface area contributed by atoms with Gasteiger partial charge >= 0.3 is 0 Å². The van der Waals surface area contributed by atoms with Crippen molar-refractivity contribution in [1.82, 2.24) is 45.3 Å². The molecule has 744 valence electrons. The molecule has 0 saturated heterocycles. The standard InChI is InChI=1S/C17H25S.C16H23N2.2C16H22NO.2C16H22NS.C15H22N3.C2H6.7W/c1-16(2,3)11-12-9-14(17(4,5)6)13-7-8-18-15(13)10-12;1-15(2,3)9-11-7-12(16(4,5)6)14-13(8-11)17-10-18-14;1-15(2,3)9-11-7-12(16(4,5)6)14-13(8-11)18-10-17-14;1-15(2,3)9-11-7-12(16(4,5)6)14-13(8-11)17-10-18-14;1-15(2,3)9-11-7-12(16(4,5)6)14-13(8-11)18-10-17-14;1-15(2,3)9-11-7-12(16(4,5)6)14-13(8-11)17-10-18-14;1-14(2,3)9-10-7-11(15(4,5)6)13-12(8-10)16-18-17-13;1-2;;;;;;;/h9H,7-8,11H2,1-6H3;7,10H,9H2,1-6H3,(H,17,18);4*7,10H,9H2,1-6H3;7H,9H2,1-6H3,(H,16,17,18);1-2H3;;;;;;;/q7*-1;;;;;;;;. The van der Waals surface area contributed by atoms with Crippen LogP contribution in [0.1, 0.15) is 388 Å². The molecule has 0 unspecified atom stereocenters. The van der Waals surface area contributed by atoms with E-state index in [0.717, 1.165) is 100 Å². The zero-order chi connectivity index (χ0) is 96.9. The minimum atomic E-state index is 0. The summed E-state index contributed by atoms with van der Waals surface area (Å²) in [5, 5.41) is 11.0. The molecule has 2 N–H and O–H groups in total. The molecule has 11 nitrogen and oxygen atoms in total. The summed E-state index contributed by atoms with van der Waals surface area (Å²) in [6.07, 6.45) is 13.3. The molecule has 0 amide bonds. The van der Waals surface area contributed by atoms with Crippen LogP contribution in [-0.4, -0.2) is 51.1 Å². The fourth-order valence-corrected chi connectivity index (χ4v) is 18.6. The number of aromatic amines is 2. The number of nitrogens with one attached hydrogen (secondary N) is 2. The number of H-pyrrole nitrogens is 2. The molecular weight excluding hydrogens is 2910 g/mol. The first-order chi connectivity index (χ1) is 58.2. The first-order valence-electron chi connectivity index (χ1n) is 46.7. The van der Waals surface area contributed by atoms with Gasteiger partial charge in [-0.25, -0.2) is 4.98 Å². The molecule has 7 aromatic carbocycles. The summed E-state index contributed by atoms with van der Waals surface area (Å²) in [6, 6.07) is 40.2. The van der Waals surface area contributed by atoms with Crippen LogP contribution in [0.5, 0.6) is 0 Å². The third kappa shape index (κ3) is 42.1. The van der Waals surface area contributed by atoms with E-state index in [4.69, 9.17) is 8.83 Å².